The number of furan rings is 1. The molecule has 2 bridgehead atoms. The zero-order valence-corrected chi connectivity index (χ0v) is 22.7. The quantitative estimate of drug-likeness (QED) is 0.403. The summed E-state index contributed by atoms with van der Waals surface area (Å²) in [6, 6.07) is 14.6. The molecule has 1 amide bonds. The predicted molar refractivity (Wildman–Crippen MR) is 144 cm³/mol. The lowest BCUT2D eigenvalue weighted by atomic mass is 9.47. The van der Waals surface area contributed by atoms with Crippen LogP contribution < -0.4 is 5.32 Å². The number of nitrogens with one attached hydrogen (secondary N) is 2. The van der Waals surface area contributed by atoms with Crippen molar-refractivity contribution in [2.45, 2.75) is 62.8 Å². The van der Waals surface area contributed by atoms with Crippen LogP contribution in [0.2, 0.25) is 0 Å². The molecule has 6 atom stereocenters. The minimum Gasteiger partial charge on any atom is -0.464 e. The monoisotopic (exact) mass is 536 g/mol. The highest BCUT2D eigenvalue weighted by Gasteiger charge is 2.62. The molecule has 4 fully saturated rings. The van der Waals surface area contributed by atoms with E-state index in [0.717, 1.165) is 29.4 Å². The Morgan fingerprint density at radius 3 is 2.71 bits per heavy atom. The Morgan fingerprint density at radius 1 is 1.16 bits per heavy atom. The summed E-state index contributed by atoms with van der Waals surface area (Å²) in [5.74, 6) is 0.580. The van der Waals surface area contributed by atoms with Gasteiger partial charge in [-0.3, -0.25) is 0 Å². The van der Waals surface area contributed by atoms with Crippen molar-refractivity contribution in [3.05, 3.63) is 65.9 Å². The van der Waals surface area contributed by atoms with E-state index in [1.165, 1.54) is 6.26 Å². The number of para-hydroxylation sites is 1. The third-order valence-electron chi connectivity index (χ3n) is 8.81. The molecule has 4 aliphatic rings. The molecule has 0 spiro atoms. The van der Waals surface area contributed by atoms with Crippen LogP contribution >= 0.6 is 0 Å². The maximum atomic E-state index is 13.0. The van der Waals surface area contributed by atoms with Crippen molar-refractivity contribution < 1.29 is 27.5 Å². The molecule has 3 saturated carbocycles. The number of hydrogen-bond acceptors (Lipinski definition) is 7. The van der Waals surface area contributed by atoms with E-state index in [2.05, 4.69) is 19.2 Å². The van der Waals surface area contributed by atoms with Crippen LogP contribution in [0.5, 0.6) is 0 Å². The van der Waals surface area contributed by atoms with Gasteiger partial charge in [0.05, 0.1) is 39.0 Å². The van der Waals surface area contributed by atoms with E-state index >= 15 is 0 Å². The Balaban J connectivity index is 1.20. The highest BCUT2D eigenvalue weighted by Crippen LogP contribution is 2.61. The number of carbonyl (C=O) groups is 1. The Morgan fingerprint density at radius 2 is 1.92 bits per heavy atom. The third kappa shape index (κ3) is 4.52. The van der Waals surface area contributed by atoms with Gasteiger partial charge in [-0.1, -0.05) is 50.2 Å². The maximum Gasteiger partial charge on any atom is 0.481 e. The lowest BCUT2D eigenvalue weighted by molar-refractivity contribution is -0.150. The molecule has 38 heavy (non-hydrogen) atoms. The number of amides is 1. The standard InChI is InChI=1S/C28H33BN2O6S/c1-28(2)19-13-21(28)26-23(14-19)36-29(37-26)25(12-18-16-34-22-10-6-5-9-20(18)22)31-27(32)35-15-17-8-4-7-11-24(17)38(3,30)33/h4-11,16,19,21,23,25-26,30H,12-15H2,1-3H3,(H,31,32). The van der Waals surface area contributed by atoms with Crippen LogP contribution in [0.4, 0.5) is 4.79 Å². The van der Waals surface area contributed by atoms with Gasteiger partial charge in [-0.2, -0.15) is 0 Å². The van der Waals surface area contributed by atoms with Crippen molar-refractivity contribution in [3.63, 3.8) is 0 Å². The summed E-state index contributed by atoms with van der Waals surface area (Å²) in [4.78, 5) is 13.4. The van der Waals surface area contributed by atoms with Gasteiger partial charge in [-0.15, -0.1) is 0 Å². The molecule has 6 unspecified atom stereocenters. The molecule has 2 N–H and O–H groups in total. The highest BCUT2D eigenvalue weighted by molar-refractivity contribution is 7.91. The molecular weight excluding hydrogens is 503 g/mol. The Bertz CT molecular complexity index is 1470. The molecule has 200 valence electrons. The second-order valence-electron chi connectivity index (χ2n) is 11.5. The van der Waals surface area contributed by atoms with Crippen molar-refractivity contribution in [2.75, 3.05) is 6.26 Å². The topological polar surface area (TPSA) is 111 Å². The first kappa shape index (κ1) is 25.5. The molecule has 3 aliphatic carbocycles. The maximum absolute atomic E-state index is 13.0. The van der Waals surface area contributed by atoms with E-state index in [1.54, 1.807) is 30.5 Å². The first-order valence-corrected chi connectivity index (χ1v) is 15.1. The summed E-state index contributed by atoms with van der Waals surface area (Å²) < 4.78 is 44.5. The molecule has 10 heteroatoms. The van der Waals surface area contributed by atoms with Crippen molar-refractivity contribution >= 4 is 33.9 Å². The van der Waals surface area contributed by atoms with E-state index < -0.39 is 28.9 Å². The SMILES string of the molecule is CC1(C)C2CC3OB(C(Cc4coc5ccccc45)NC(=O)OCc4ccccc4S(C)(=N)=O)OC3C1C2. The van der Waals surface area contributed by atoms with Gasteiger partial charge < -0.3 is 23.8 Å². The van der Waals surface area contributed by atoms with Gasteiger partial charge in [0, 0.05) is 17.2 Å². The van der Waals surface area contributed by atoms with E-state index in [0.29, 0.717) is 28.7 Å². The predicted octanol–water partition coefficient (Wildman–Crippen LogP) is 5.18. The molecule has 2 aromatic carbocycles. The lowest BCUT2D eigenvalue weighted by Crippen LogP contribution is -2.59. The zero-order valence-electron chi connectivity index (χ0n) is 21.8. The van der Waals surface area contributed by atoms with Crippen molar-refractivity contribution in [2.24, 2.45) is 17.3 Å². The Kier molecular flexibility index (Phi) is 6.32. The number of fused-ring (bicyclic) bond motifs is 1. The molecule has 8 nitrogen and oxygen atoms in total. The van der Waals surface area contributed by atoms with E-state index in [4.69, 9.17) is 23.2 Å². The van der Waals surface area contributed by atoms with Crippen LogP contribution in [-0.4, -0.2) is 41.8 Å². The van der Waals surface area contributed by atoms with Crippen LogP contribution in [0, 0.1) is 22.0 Å². The van der Waals surface area contributed by atoms with Crippen LogP contribution in [0.1, 0.15) is 37.8 Å². The Hall–Kier alpha value is -2.82. The molecule has 3 aromatic rings. The van der Waals surface area contributed by atoms with E-state index in [-0.39, 0.29) is 24.2 Å². The fourth-order valence-electron chi connectivity index (χ4n) is 6.53. The van der Waals surface area contributed by atoms with Gasteiger partial charge in [-0.05, 0) is 54.2 Å². The molecule has 1 aliphatic heterocycles. The number of ether oxygens (including phenoxy) is 1. The van der Waals surface area contributed by atoms with Gasteiger partial charge in [0.1, 0.15) is 12.2 Å². The summed E-state index contributed by atoms with van der Waals surface area (Å²) in [6.45, 7) is 4.53. The molecule has 1 aromatic heterocycles. The van der Waals surface area contributed by atoms with Gasteiger partial charge in [0.25, 0.3) is 0 Å². The zero-order chi connectivity index (χ0) is 26.7. The highest BCUT2D eigenvalue weighted by atomic mass is 32.2. The van der Waals surface area contributed by atoms with Crippen LogP contribution in [0.15, 0.2) is 64.1 Å². The van der Waals surface area contributed by atoms with Crippen LogP contribution in [-0.2, 0) is 36.8 Å². The smallest absolute Gasteiger partial charge is 0.464 e. The van der Waals surface area contributed by atoms with Gasteiger partial charge in [0.2, 0.25) is 0 Å². The minimum absolute atomic E-state index is 0.0167. The third-order valence-corrected chi connectivity index (χ3v) is 10.0. The fourth-order valence-corrected chi connectivity index (χ4v) is 7.50. The first-order valence-electron chi connectivity index (χ1n) is 13.1. The summed E-state index contributed by atoms with van der Waals surface area (Å²) in [7, 11) is -3.57. The lowest BCUT2D eigenvalue weighted by Gasteiger charge is -2.60. The van der Waals surface area contributed by atoms with Gasteiger partial charge in [-0.25, -0.2) is 13.8 Å². The van der Waals surface area contributed by atoms with E-state index in [1.807, 2.05) is 24.3 Å². The molecule has 2 heterocycles. The average molecular weight is 536 g/mol. The number of hydrogen-bond donors (Lipinski definition) is 2. The molecule has 7 rings (SSSR count). The van der Waals surface area contributed by atoms with Crippen molar-refractivity contribution in [3.8, 4) is 0 Å². The summed E-state index contributed by atoms with van der Waals surface area (Å²) in [5.41, 5.74) is 2.51. The summed E-state index contributed by atoms with van der Waals surface area (Å²) >= 11 is 0. The second kappa shape index (κ2) is 9.43. The second-order valence-corrected chi connectivity index (χ2v) is 13.6. The molecule has 1 saturated heterocycles. The number of benzene rings is 2. The van der Waals surface area contributed by atoms with E-state index in [9.17, 15) is 9.00 Å². The first-order chi connectivity index (χ1) is 18.1. The Labute approximate surface area is 223 Å². The fraction of sp³-hybridized carbons (Fsp3) is 0.464. The molecule has 0 radical (unpaired) electrons. The number of alkyl carbamates (subject to hydrolysis) is 1. The minimum atomic E-state index is -2.96. The normalized spacial score (nSPS) is 27.7. The summed E-state index contributed by atoms with van der Waals surface area (Å²) in [6.07, 6.45) is 5.06. The van der Waals surface area contributed by atoms with Gasteiger partial charge >= 0.3 is 13.2 Å². The summed E-state index contributed by atoms with van der Waals surface area (Å²) in [5, 5.41) is 3.96. The van der Waals surface area contributed by atoms with Gasteiger partial charge in [0.15, 0.2) is 0 Å². The average Bonchev–Trinajstić information content (AvgIpc) is 3.51. The van der Waals surface area contributed by atoms with Crippen molar-refractivity contribution in [1.29, 1.82) is 4.78 Å². The van der Waals surface area contributed by atoms with Crippen molar-refractivity contribution in [1.82, 2.24) is 5.32 Å². The number of rotatable bonds is 7. The molecular formula is C28H33BN2O6S. The van der Waals surface area contributed by atoms with Crippen LogP contribution in [0.3, 0.4) is 0 Å². The number of carbonyl (C=O) groups excluding carboxylic acids is 1. The van der Waals surface area contributed by atoms with Crippen LogP contribution in [0.25, 0.3) is 11.0 Å². The largest absolute Gasteiger partial charge is 0.481 e.